The Morgan fingerprint density at radius 3 is 2.73 bits per heavy atom. The van der Waals surface area contributed by atoms with E-state index in [9.17, 15) is 19.3 Å². The van der Waals surface area contributed by atoms with Gasteiger partial charge in [-0.05, 0) is 39.8 Å². The molecule has 1 aliphatic rings. The largest absolute Gasteiger partial charge is 0.462 e. The molecule has 14 nitrogen and oxygen atoms in total. The lowest BCUT2D eigenvalue weighted by molar-refractivity contribution is -0.149. The highest BCUT2D eigenvalue weighted by Crippen LogP contribution is 2.48. The van der Waals surface area contributed by atoms with Crippen LogP contribution in [0, 0.1) is 11.8 Å². The fourth-order valence-electron chi connectivity index (χ4n) is 4.10. The summed E-state index contributed by atoms with van der Waals surface area (Å²) in [6.07, 6.45) is -3.07. The summed E-state index contributed by atoms with van der Waals surface area (Å²) in [4.78, 5) is 33.5. The second-order valence-electron chi connectivity index (χ2n) is 9.42. The molecule has 1 aliphatic heterocycles. The maximum atomic E-state index is 13.9. The van der Waals surface area contributed by atoms with Crippen LogP contribution in [0.4, 0.5) is 5.95 Å². The van der Waals surface area contributed by atoms with Gasteiger partial charge in [0.25, 0.3) is 5.56 Å². The number of aromatic amines is 1. The molecule has 2 aromatic heterocycles. The van der Waals surface area contributed by atoms with Gasteiger partial charge in [0.2, 0.25) is 5.95 Å². The number of nitrogens with two attached hydrogens (primary N) is 1. The van der Waals surface area contributed by atoms with E-state index in [0.29, 0.717) is 0 Å². The second kappa shape index (κ2) is 12.2. The molecule has 1 saturated heterocycles. The number of nitrogens with zero attached hydrogens (tertiary/aromatic N) is 3. The maximum absolute atomic E-state index is 13.9. The van der Waals surface area contributed by atoms with E-state index in [-0.39, 0.29) is 22.9 Å². The van der Waals surface area contributed by atoms with Crippen LogP contribution in [0.3, 0.4) is 0 Å². The van der Waals surface area contributed by atoms with Gasteiger partial charge in [-0.1, -0.05) is 35.7 Å². The van der Waals surface area contributed by atoms with Crippen molar-refractivity contribution in [3.63, 3.8) is 0 Å². The molecule has 41 heavy (non-hydrogen) atoms. The van der Waals surface area contributed by atoms with Crippen LogP contribution in [-0.2, 0) is 23.4 Å². The molecule has 16 heteroatoms. The predicted molar refractivity (Wildman–Crippen MR) is 149 cm³/mol. The number of nitrogen functional groups attached to an aromatic ring is 1. The van der Waals surface area contributed by atoms with Crippen molar-refractivity contribution in [2.24, 2.45) is 0 Å². The number of alkyl halides is 1. The van der Waals surface area contributed by atoms with E-state index >= 15 is 0 Å². The van der Waals surface area contributed by atoms with Gasteiger partial charge in [0.1, 0.15) is 24.0 Å². The first-order valence-corrected chi connectivity index (χ1v) is 14.4. The summed E-state index contributed by atoms with van der Waals surface area (Å²) >= 11 is 6.83. The van der Waals surface area contributed by atoms with E-state index in [2.05, 4.69) is 31.9 Å². The number of aliphatic hydroxyl groups is 1. The minimum Gasteiger partial charge on any atom is -0.462 e. The Hall–Kier alpha value is -3.44. The zero-order valence-corrected chi connectivity index (χ0v) is 24.3. The molecule has 0 amide bonds. The number of benzene rings is 1. The third kappa shape index (κ3) is 6.56. The Balaban J connectivity index is 1.62. The predicted octanol–water partition coefficient (Wildman–Crippen LogP) is 2.09. The zero-order valence-electron chi connectivity index (χ0n) is 22.6. The topological polar surface area (TPSA) is 193 Å². The van der Waals surface area contributed by atoms with Crippen LogP contribution in [0.2, 0.25) is 0 Å². The number of nitrogens with one attached hydrogen (secondary N) is 2. The minimum absolute atomic E-state index is 0.0345. The molecule has 4 rings (SSSR count). The van der Waals surface area contributed by atoms with Crippen molar-refractivity contribution in [2.45, 2.75) is 63.2 Å². The van der Waals surface area contributed by atoms with Gasteiger partial charge in [-0.25, -0.2) is 9.55 Å². The van der Waals surface area contributed by atoms with Crippen LogP contribution < -0.4 is 20.9 Å². The number of para-hydroxylation sites is 1. The number of H-pyrrole nitrogens is 1. The summed E-state index contributed by atoms with van der Waals surface area (Å²) in [6, 6.07) is 7.09. The molecule has 1 fully saturated rings. The van der Waals surface area contributed by atoms with E-state index < -0.39 is 61.3 Å². The number of carbonyl (C=O) groups is 1. The molecule has 0 spiro atoms. The molecule has 3 aromatic rings. The van der Waals surface area contributed by atoms with Crippen LogP contribution in [0.1, 0.15) is 33.9 Å². The molecule has 0 radical (unpaired) electrons. The SMILES string of the molecule is CC#CC1(Cl)[C@@H](O)[C@@H](COP(=O)(N[C@@H](C)C(=O)OC(C)C)Oc2ccccc2)O[C@H]1n1cnc2c(=O)[nH]c(N)nc21. The molecule has 0 aliphatic carbocycles. The fraction of sp³-hybridized carbons (Fsp3) is 0.440. The Bertz CT molecular complexity index is 1570. The number of halogens is 1. The van der Waals surface area contributed by atoms with Crippen molar-refractivity contribution in [3.05, 3.63) is 47.0 Å². The van der Waals surface area contributed by atoms with Crippen molar-refractivity contribution in [2.75, 3.05) is 12.3 Å². The summed E-state index contributed by atoms with van der Waals surface area (Å²) in [5.41, 5.74) is 5.14. The van der Waals surface area contributed by atoms with E-state index in [0.717, 1.165) is 0 Å². The smallest absolute Gasteiger partial charge is 0.459 e. The number of hydrogen-bond donors (Lipinski definition) is 4. The summed E-state index contributed by atoms with van der Waals surface area (Å²) in [5.74, 6) is 4.77. The Labute approximate surface area is 240 Å². The molecule has 5 N–H and O–H groups in total. The van der Waals surface area contributed by atoms with Crippen molar-refractivity contribution in [3.8, 4) is 17.6 Å². The van der Waals surface area contributed by atoms with Crippen molar-refractivity contribution in [1.82, 2.24) is 24.6 Å². The van der Waals surface area contributed by atoms with Crippen LogP contribution >= 0.6 is 19.3 Å². The number of rotatable bonds is 10. The summed E-state index contributed by atoms with van der Waals surface area (Å²) < 4.78 is 37.7. The van der Waals surface area contributed by atoms with Crippen molar-refractivity contribution >= 4 is 42.4 Å². The van der Waals surface area contributed by atoms with E-state index in [1.165, 1.54) is 24.7 Å². The first-order chi connectivity index (χ1) is 19.4. The molecule has 0 saturated carbocycles. The highest BCUT2D eigenvalue weighted by molar-refractivity contribution is 7.52. The number of hydrogen-bond acceptors (Lipinski definition) is 11. The van der Waals surface area contributed by atoms with Gasteiger partial charge >= 0.3 is 13.7 Å². The Morgan fingerprint density at radius 1 is 1.37 bits per heavy atom. The van der Waals surface area contributed by atoms with Gasteiger partial charge in [-0.3, -0.25) is 23.7 Å². The van der Waals surface area contributed by atoms with Crippen molar-refractivity contribution < 1.29 is 33.0 Å². The number of anilines is 1. The lowest BCUT2D eigenvalue weighted by Crippen LogP contribution is -2.42. The number of imidazole rings is 1. The molecule has 2 unspecified atom stereocenters. The lowest BCUT2D eigenvalue weighted by Gasteiger charge is -2.26. The molecule has 1 aromatic carbocycles. The van der Waals surface area contributed by atoms with Crippen LogP contribution in [0.25, 0.3) is 11.2 Å². The minimum atomic E-state index is -4.28. The third-order valence-electron chi connectivity index (χ3n) is 5.90. The molecule has 3 heterocycles. The van der Waals surface area contributed by atoms with Gasteiger partial charge in [-0.2, -0.15) is 10.1 Å². The highest BCUT2D eigenvalue weighted by atomic mass is 35.5. The van der Waals surface area contributed by atoms with Crippen LogP contribution in [0.15, 0.2) is 41.5 Å². The first-order valence-electron chi connectivity index (χ1n) is 12.5. The Kier molecular flexibility index (Phi) is 9.08. The quantitative estimate of drug-likeness (QED) is 0.113. The fourth-order valence-corrected chi connectivity index (χ4v) is 6.00. The number of carbonyl (C=O) groups excluding carboxylic acids is 1. The monoisotopic (exact) mass is 608 g/mol. The molecule has 6 atom stereocenters. The molecule has 220 valence electrons. The average molecular weight is 609 g/mol. The number of aliphatic hydroxyl groups excluding tert-OH is 1. The Morgan fingerprint density at radius 2 is 2.07 bits per heavy atom. The van der Waals surface area contributed by atoms with Gasteiger partial charge in [0.05, 0.1) is 19.0 Å². The number of aromatic nitrogens is 4. The van der Waals surface area contributed by atoms with Crippen molar-refractivity contribution in [1.29, 1.82) is 0 Å². The first kappa shape index (κ1) is 30.5. The van der Waals surface area contributed by atoms with Gasteiger partial charge < -0.3 is 24.8 Å². The van der Waals surface area contributed by atoms with Crippen LogP contribution in [-0.4, -0.2) is 66.4 Å². The van der Waals surface area contributed by atoms with Gasteiger partial charge in [0, 0.05) is 0 Å². The highest BCUT2D eigenvalue weighted by Gasteiger charge is 2.56. The third-order valence-corrected chi connectivity index (χ3v) is 8.05. The second-order valence-corrected chi connectivity index (χ2v) is 11.7. The average Bonchev–Trinajstić information content (AvgIpc) is 3.42. The van der Waals surface area contributed by atoms with E-state index in [1.807, 2.05) is 0 Å². The standard InChI is InChI=1S/C25H30ClN6O8P/c1-5-11-25(26)19(33)17(39-23(25)32-13-28-18-20(32)29-24(27)30-21(18)34)12-37-41(36,40-16-9-7-6-8-10-16)31-15(4)22(35)38-14(2)3/h6-10,13-15,17,19,23,33H,12H2,1-4H3,(H,31,36)(H3,27,29,30,34)/t15-,17+,19-,23+,25?,41?/m0/s1. The molecular formula is C25H30ClN6O8P. The maximum Gasteiger partial charge on any atom is 0.459 e. The lowest BCUT2D eigenvalue weighted by atomic mass is 9.99. The van der Waals surface area contributed by atoms with E-state index in [4.69, 9.17) is 35.9 Å². The normalized spacial score (nSPS) is 24.4. The molecule has 0 bridgehead atoms. The number of ether oxygens (including phenoxy) is 2. The zero-order chi connectivity index (χ0) is 29.9. The summed E-state index contributed by atoms with van der Waals surface area (Å²) in [6.45, 7) is 5.81. The van der Waals surface area contributed by atoms with Gasteiger partial charge in [0.15, 0.2) is 22.3 Å². The molecular weight excluding hydrogens is 579 g/mol. The summed E-state index contributed by atoms with van der Waals surface area (Å²) in [7, 11) is -4.28. The van der Waals surface area contributed by atoms with Gasteiger partial charge in [-0.15, -0.1) is 5.92 Å². The summed E-state index contributed by atoms with van der Waals surface area (Å²) in [5, 5.41) is 13.8. The van der Waals surface area contributed by atoms with Crippen LogP contribution in [0.5, 0.6) is 5.75 Å². The number of esters is 1. The number of fused-ring (bicyclic) bond motifs is 1. The van der Waals surface area contributed by atoms with E-state index in [1.54, 1.807) is 44.2 Å².